The van der Waals surface area contributed by atoms with Crippen LogP contribution in [0.5, 0.6) is 0 Å². The van der Waals surface area contributed by atoms with E-state index in [0.29, 0.717) is 5.56 Å². The highest BCUT2D eigenvalue weighted by Crippen LogP contribution is 2.30. The van der Waals surface area contributed by atoms with Gasteiger partial charge in [0.2, 0.25) is 17.6 Å². The van der Waals surface area contributed by atoms with E-state index in [2.05, 4.69) is 9.97 Å². The summed E-state index contributed by atoms with van der Waals surface area (Å²) in [6.07, 6.45) is 0. The minimum absolute atomic E-state index is 0.0979. The molecule has 0 aliphatic heterocycles. The molecule has 2 rings (SSSR count). The molecule has 0 fully saturated rings. The lowest BCUT2D eigenvalue weighted by molar-refractivity contribution is -0.383. The molecule has 0 aliphatic carbocycles. The number of nitro groups is 1. The smallest absolute Gasteiger partial charge is 0.353 e. The molecule has 1 aromatic heterocycles. The van der Waals surface area contributed by atoms with Crippen LogP contribution in [0, 0.1) is 10.1 Å². The summed E-state index contributed by atoms with van der Waals surface area (Å²) in [4.78, 5) is 31.3. The maximum atomic E-state index is 12.2. The minimum atomic E-state index is -0.701. The Morgan fingerprint density at radius 1 is 1.27 bits per heavy atom. The van der Waals surface area contributed by atoms with E-state index in [1.807, 2.05) is 0 Å². The fraction of sp³-hybridized carbons (Fsp3) is 0.154. The van der Waals surface area contributed by atoms with Crippen LogP contribution in [0.15, 0.2) is 30.3 Å². The Hall–Kier alpha value is -3.23. The third kappa shape index (κ3) is 3.08. The van der Waals surface area contributed by atoms with E-state index in [1.165, 1.54) is 11.9 Å². The van der Waals surface area contributed by atoms with Crippen LogP contribution < -0.4 is 16.4 Å². The van der Waals surface area contributed by atoms with Gasteiger partial charge in [-0.2, -0.15) is 9.97 Å². The lowest BCUT2D eigenvalue weighted by Gasteiger charge is -2.17. The highest BCUT2D eigenvalue weighted by Gasteiger charge is 2.26. The molecule has 0 saturated heterocycles. The number of anilines is 3. The summed E-state index contributed by atoms with van der Waals surface area (Å²) in [6, 6.07) is 8.57. The topological polar surface area (TPSA) is 141 Å². The number of hydrogen-bond acceptors (Lipinski definition) is 8. The van der Waals surface area contributed by atoms with E-state index in [1.54, 1.807) is 30.3 Å². The Morgan fingerprint density at radius 2 is 1.91 bits per heavy atom. The van der Waals surface area contributed by atoms with Gasteiger partial charge in [0.25, 0.3) is 0 Å². The van der Waals surface area contributed by atoms with Crippen molar-refractivity contribution in [3.63, 3.8) is 0 Å². The predicted octanol–water partition coefficient (Wildman–Crippen LogP) is 0.868. The number of nitrogen functional groups attached to an aromatic ring is 2. The van der Waals surface area contributed by atoms with Gasteiger partial charge in [-0.3, -0.25) is 14.9 Å². The van der Waals surface area contributed by atoms with Crippen LogP contribution >= 0.6 is 0 Å². The van der Waals surface area contributed by atoms with Crippen LogP contribution in [-0.4, -0.2) is 34.3 Å². The van der Waals surface area contributed by atoms with Gasteiger partial charge in [-0.15, -0.1) is 0 Å². The van der Waals surface area contributed by atoms with E-state index in [4.69, 9.17) is 11.5 Å². The lowest BCUT2D eigenvalue weighted by Crippen LogP contribution is -2.28. The van der Waals surface area contributed by atoms with E-state index in [9.17, 15) is 14.9 Å². The number of likely N-dealkylation sites (N-methyl/N-ethyl adjacent to an activating group) is 1. The van der Waals surface area contributed by atoms with Crippen molar-refractivity contribution in [1.82, 2.24) is 9.97 Å². The average Bonchev–Trinajstić information content (AvgIpc) is 2.46. The largest absolute Gasteiger partial charge is 0.378 e. The van der Waals surface area contributed by atoms with Gasteiger partial charge >= 0.3 is 5.69 Å². The fourth-order valence-electron chi connectivity index (χ4n) is 1.92. The van der Waals surface area contributed by atoms with E-state index >= 15 is 0 Å². The highest BCUT2D eigenvalue weighted by atomic mass is 16.6. The summed E-state index contributed by atoms with van der Waals surface area (Å²) in [5, 5.41) is 11.1. The predicted molar refractivity (Wildman–Crippen MR) is 81.6 cm³/mol. The third-order valence-corrected chi connectivity index (χ3v) is 2.93. The Balaban J connectivity index is 2.32. The molecule has 114 valence electrons. The van der Waals surface area contributed by atoms with Crippen LogP contribution in [0.3, 0.4) is 0 Å². The normalized spacial score (nSPS) is 10.2. The molecule has 22 heavy (non-hydrogen) atoms. The van der Waals surface area contributed by atoms with E-state index in [0.717, 1.165) is 0 Å². The first-order chi connectivity index (χ1) is 10.4. The monoisotopic (exact) mass is 302 g/mol. The van der Waals surface area contributed by atoms with Crippen molar-refractivity contribution in [3.8, 4) is 0 Å². The second kappa shape index (κ2) is 6.04. The second-order valence-corrected chi connectivity index (χ2v) is 4.54. The molecule has 9 heteroatoms. The van der Waals surface area contributed by atoms with Crippen molar-refractivity contribution in [2.75, 3.05) is 30.0 Å². The van der Waals surface area contributed by atoms with Gasteiger partial charge < -0.3 is 16.4 Å². The molecule has 0 bridgehead atoms. The second-order valence-electron chi connectivity index (χ2n) is 4.54. The maximum absolute atomic E-state index is 12.2. The number of nitrogens with two attached hydrogens (primary N) is 2. The molecule has 1 heterocycles. The van der Waals surface area contributed by atoms with Gasteiger partial charge in [0, 0.05) is 12.6 Å². The van der Waals surface area contributed by atoms with Crippen LogP contribution in [-0.2, 0) is 0 Å². The SMILES string of the molecule is CN(CC(=O)c1ccccc1)c1nc(N)nc(N)c1[N+](=O)[O-]. The van der Waals surface area contributed by atoms with Gasteiger partial charge in [-0.1, -0.05) is 30.3 Å². The number of rotatable bonds is 5. The van der Waals surface area contributed by atoms with Crippen LogP contribution in [0.4, 0.5) is 23.3 Å². The summed E-state index contributed by atoms with van der Waals surface area (Å²) in [5.41, 5.74) is 11.0. The molecule has 0 aliphatic rings. The number of hydrogen-bond donors (Lipinski definition) is 2. The van der Waals surface area contributed by atoms with Crippen molar-refractivity contribution in [2.24, 2.45) is 0 Å². The van der Waals surface area contributed by atoms with Crippen molar-refractivity contribution < 1.29 is 9.72 Å². The summed E-state index contributed by atoms with van der Waals surface area (Å²) in [7, 11) is 1.50. The average molecular weight is 302 g/mol. The molecule has 4 N–H and O–H groups in total. The molecule has 0 saturated carbocycles. The zero-order valence-corrected chi connectivity index (χ0v) is 11.8. The number of Topliss-reactive ketones (excluding diaryl/α,β-unsaturated/α-hetero) is 1. The van der Waals surface area contributed by atoms with Gasteiger partial charge in [0.1, 0.15) is 0 Å². The fourth-order valence-corrected chi connectivity index (χ4v) is 1.92. The molecular formula is C13H14N6O3. The van der Waals surface area contributed by atoms with Gasteiger partial charge in [-0.25, -0.2) is 0 Å². The van der Waals surface area contributed by atoms with Crippen LogP contribution in [0.1, 0.15) is 10.4 Å². The van der Waals surface area contributed by atoms with Crippen molar-refractivity contribution >= 4 is 29.1 Å². The zero-order valence-electron chi connectivity index (χ0n) is 11.8. The van der Waals surface area contributed by atoms with E-state index < -0.39 is 10.6 Å². The summed E-state index contributed by atoms with van der Waals surface area (Å²) >= 11 is 0. The number of aromatic nitrogens is 2. The molecular weight excluding hydrogens is 288 g/mol. The first-order valence-electron chi connectivity index (χ1n) is 6.27. The molecule has 2 aromatic rings. The number of carbonyl (C=O) groups excluding carboxylic acids is 1. The molecule has 0 radical (unpaired) electrons. The van der Waals surface area contributed by atoms with Crippen LogP contribution in [0.25, 0.3) is 0 Å². The standard InChI is InChI=1S/C13H14N6O3/c1-18(7-9(20)8-5-3-2-4-6-8)12-10(19(21)22)11(14)16-13(15)17-12/h2-6H,7H2,1H3,(H4,14,15,16,17). The molecule has 0 unspecified atom stereocenters. The number of ketones is 1. The van der Waals surface area contributed by atoms with Crippen LogP contribution in [0.2, 0.25) is 0 Å². The molecule has 0 amide bonds. The Bertz CT molecular complexity index is 719. The van der Waals surface area contributed by atoms with Gasteiger partial charge in [0.05, 0.1) is 11.5 Å². The number of carbonyl (C=O) groups is 1. The lowest BCUT2D eigenvalue weighted by atomic mass is 10.1. The molecule has 1 aromatic carbocycles. The highest BCUT2D eigenvalue weighted by molar-refractivity contribution is 5.99. The van der Waals surface area contributed by atoms with Gasteiger partial charge in [0.15, 0.2) is 5.78 Å². The van der Waals surface area contributed by atoms with Crippen molar-refractivity contribution in [1.29, 1.82) is 0 Å². The Kier molecular flexibility index (Phi) is 4.16. The Labute approximate surface area is 125 Å². The van der Waals surface area contributed by atoms with Crippen molar-refractivity contribution in [2.45, 2.75) is 0 Å². The Morgan fingerprint density at radius 3 is 2.50 bits per heavy atom. The third-order valence-electron chi connectivity index (χ3n) is 2.93. The van der Waals surface area contributed by atoms with E-state index in [-0.39, 0.29) is 29.9 Å². The first kappa shape index (κ1) is 15.2. The minimum Gasteiger partial charge on any atom is -0.378 e. The molecule has 9 nitrogen and oxygen atoms in total. The number of benzene rings is 1. The first-order valence-corrected chi connectivity index (χ1v) is 6.27. The quantitative estimate of drug-likeness (QED) is 0.470. The zero-order chi connectivity index (χ0) is 16.3. The summed E-state index contributed by atoms with van der Waals surface area (Å²) < 4.78 is 0. The molecule has 0 spiro atoms. The molecule has 0 atom stereocenters. The van der Waals surface area contributed by atoms with Crippen molar-refractivity contribution in [3.05, 3.63) is 46.0 Å². The number of nitrogens with zero attached hydrogens (tertiary/aromatic N) is 4. The van der Waals surface area contributed by atoms with Gasteiger partial charge in [-0.05, 0) is 0 Å². The maximum Gasteiger partial charge on any atom is 0.353 e. The summed E-state index contributed by atoms with van der Waals surface area (Å²) in [5.74, 6) is -0.851. The summed E-state index contributed by atoms with van der Waals surface area (Å²) in [6.45, 7) is -0.110.